The average Bonchev–Trinajstić information content (AvgIpc) is 1.61. The van der Waals surface area contributed by atoms with Gasteiger partial charge in [0.2, 0.25) is 0 Å². The molecule has 16 rings (SSSR count). The van der Waals surface area contributed by atoms with Crippen molar-refractivity contribution in [3.63, 3.8) is 0 Å². The molecule has 0 unspecified atom stereocenters. The predicted octanol–water partition coefficient (Wildman–Crippen LogP) is 19.8. The average molecular weight is 1850 g/mol. The maximum Gasteiger partial charge on any atom is 0.496 e. The summed E-state index contributed by atoms with van der Waals surface area (Å²) in [6.07, 6.45) is 6.17. The lowest BCUT2D eigenvalue weighted by atomic mass is 9.80. The van der Waals surface area contributed by atoms with E-state index in [0.29, 0.717) is 95.1 Å². The van der Waals surface area contributed by atoms with Crippen molar-refractivity contribution in [2.24, 2.45) is 0 Å². The fourth-order valence-electron chi connectivity index (χ4n) is 14.9. The number of nitrogens with zero attached hydrogens (tertiary/aromatic N) is 11. The number of H-pyrrole nitrogens is 2. The minimum Gasteiger partial charge on any atom is -0.496 e. The fourth-order valence-corrected chi connectivity index (χ4v) is 16.4. The summed E-state index contributed by atoms with van der Waals surface area (Å²) in [6.45, 7) is 34.5. The molecule has 1 fully saturated rings. The second-order valence-corrected chi connectivity index (χ2v) is 47.7. The predicted molar refractivity (Wildman–Crippen MR) is 531 cm³/mol. The van der Waals surface area contributed by atoms with Crippen molar-refractivity contribution in [2.75, 3.05) is 71.5 Å². The Balaban J connectivity index is 0.000000153. The number of hydrogen-bond donors (Lipinski definition) is 7. The highest BCUT2D eigenvalue weighted by molar-refractivity contribution is 6.76. The Labute approximate surface area is 780 Å². The number of methoxy groups -OCH3 is 4. The van der Waals surface area contributed by atoms with E-state index in [2.05, 4.69) is 109 Å². The maximum absolute atomic E-state index is 12.9. The summed E-state index contributed by atoms with van der Waals surface area (Å²) in [5.74, 6) is 0.564. The van der Waals surface area contributed by atoms with E-state index >= 15 is 0 Å². The number of aromatic nitrogens is 12. The van der Waals surface area contributed by atoms with E-state index in [1.54, 1.807) is 114 Å². The molecule has 34 heteroatoms. The van der Waals surface area contributed by atoms with Gasteiger partial charge in [0.25, 0.3) is 5.91 Å². The number of hydrogen-bond acceptors (Lipinski definition) is 23. The molecule has 8 aromatic heterocycles. The summed E-state index contributed by atoms with van der Waals surface area (Å²) in [4.78, 5) is 68.9. The van der Waals surface area contributed by atoms with Gasteiger partial charge in [0, 0.05) is 145 Å². The molecule has 0 spiro atoms. The zero-order valence-corrected chi connectivity index (χ0v) is 81.1. The molecule has 0 atom stereocenters. The van der Waals surface area contributed by atoms with Gasteiger partial charge < -0.3 is 69.0 Å². The van der Waals surface area contributed by atoms with E-state index in [4.69, 9.17) is 74.1 Å². The van der Waals surface area contributed by atoms with Gasteiger partial charge in [-0.05, 0) is 200 Å². The minimum absolute atomic E-state index is 0.0599. The number of nitrogens with two attached hydrogens (primary N) is 2. The third-order valence-electron chi connectivity index (χ3n) is 22.9. The number of amides is 2. The Bertz CT molecular complexity index is 6770. The Morgan fingerprint density at radius 1 is 0.485 bits per heavy atom. The minimum atomic E-state index is -1.25. The van der Waals surface area contributed by atoms with Crippen LogP contribution in [-0.2, 0) is 37.0 Å². The molecule has 7 aromatic carbocycles. The Morgan fingerprint density at radius 3 is 1.29 bits per heavy atom. The number of aromatic carboxylic acids is 2. The first-order valence-corrected chi connectivity index (χ1v) is 51.4. The molecule has 1 saturated heterocycles. The van der Waals surface area contributed by atoms with Gasteiger partial charge in [0.05, 0.1) is 73.4 Å². The first-order chi connectivity index (χ1) is 63.8. The van der Waals surface area contributed by atoms with Crippen LogP contribution in [0.3, 0.4) is 0 Å². The van der Waals surface area contributed by atoms with Gasteiger partial charge in [-0.2, -0.15) is 20.4 Å². The number of anilines is 3. The fraction of sp³-hybridized carbons (Fsp3) is 0.300. The molecule has 1 aliphatic rings. The molecule has 2 amide bonds. The maximum atomic E-state index is 12.9. The summed E-state index contributed by atoms with van der Waals surface area (Å²) in [6, 6.07) is 56.1. The zero-order valence-electron chi connectivity index (χ0n) is 79.1. The molecule has 9 N–H and O–H groups in total. The van der Waals surface area contributed by atoms with Gasteiger partial charge >= 0.3 is 25.2 Å². The molecule has 1 aliphatic heterocycles. The van der Waals surface area contributed by atoms with Crippen molar-refractivity contribution in [1.29, 1.82) is 0 Å². The first kappa shape index (κ1) is 97.4. The van der Waals surface area contributed by atoms with E-state index in [1.165, 1.54) is 6.07 Å². The van der Waals surface area contributed by atoms with Crippen LogP contribution < -0.4 is 41.2 Å². The van der Waals surface area contributed by atoms with Crippen LogP contribution in [0.15, 0.2) is 201 Å². The molecule has 15 aromatic rings. The number of aromatic amines is 2. The van der Waals surface area contributed by atoms with Crippen LogP contribution in [-0.4, -0.2) is 194 Å². The van der Waals surface area contributed by atoms with Crippen molar-refractivity contribution in [3.05, 3.63) is 217 Å². The zero-order chi connectivity index (χ0) is 96.3. The number of nitrogen functional groups attached to an aromatic ring is 2. The van der Waals surface area contributed by atoms with E-state index in [1.807, 2.05) is 152 Å². The van der Waals surface area contributed by atoms with Crippen molar-refractivity contribution in [1.82, 2.24) is 64.8 Å². The Morgan fingerprint density at radius 2 is 0.866 bits per heavy atom. The number of carbonyl (C=O) groups excluding carboxylic acids is 2. The van der Waals surface area contributed by atoms with Crippen LogP contribution in [0, 0.1) is 0 Å². The molecule has 0 aliphatic carbocycles. The van der Waals surface area contributed by atoms with Crippen molar-refractivity contribution < 1.29 is 71.9 Å². The number of carboxylic acids is 2. The van der Waals surface area contributed by atoms with Crippen LogP contribution in [0.4, 0.5) is 21.9 Å². The third kappa shape index (κ3) is 22.6. The summed E-state index contributed by atoms with van der Waals surface area (Å²) < 4.78 is 55.6. The Kier molecular flexibility index (Phi) is 30.0. The third-order valence-corrected chi connectivity index (χ3v) is 26.3. The lowest BCUT2D eigenvalue weighted by Crippen LogP contribution is -2.41. The van der Waals surface area contributed by atoms with Crippen LogP contribution >= 0.6 is 0 Å². The van der Waals surface area contributed by atoms with Gasteiger partial charge in [-0.1, -0.05) is 106 Å². The van der Waals surface area contributed by atoms with Crippen LogP contribution in [0.2, 0.25) is 51.4 Å². The second-order valence-electron chi connectivity index (χ2n) is 36.5. The molecule has 134 heavy (non-hydrogen) atoms. The first-order valence-electron chi connectivity index (χ1n) is 44.0. The van der Waals surface area contributed by atoms with Gasteiger partial charge in [0.15, 0.2) is 22.6 Å². The number of fused-ring (bicyclic) bond motifs is 4. The summed E-state index contributed by atoms with van der Waals surface area (Å²) >= 11 is 0. The van der Waals surface area contributed by atoms with E-state index < -0.39 is 58.1 Å². The van der Waals surface area contributed by atoms with E-state index in [9.17, 15) is 29.4 Å². The largest absolute Gasteiger partial charge is 0.496 e. The van der Waals surface area contributed by atoms with Crippen LogP contribution in [0.5, 0.6) is 23.0 Å². The van der Waals surface area contributed by atoms with Crippen molar-refractivity contribution in [3.8, 4) is 101 Å². The topological polar surface area (TPSA) is 404 Å². The summed E-state index contributed by atoms with van der Waals surface area (Å²) in [7, 11) is 3.63. The summed E-state index contributed by atoms with van der Waals surface area (Å²) in [5.41, 5.74) is 26.1. The highest BCUT2D eigenvalue weighted by Crippen LogP contribution is 2.43. The number of ether oxygens (including phenoxy) is 7. The molecule has 696 valence electrons. The quantitative estimate of drug-likeness (QED) is 0.0136. The lowest BCUT2D eigenvalue weighted by molar-refractivity contribution is 0.00578. The number of carbonyl (C=O) groups is 4. The van der Waals surface area contributed by atoms with Crippen LogP contribution in [0.1, 0.15) is 93.4 Å². The lowest BCUT2D eigenvalue weighted by Gasteiger charge is -2.32. The highest BCUT2D eigenvalue weighted by atomic mass is 28.3. The van der Waals surface area contributed by atoms with Crippen LogP contribution in [0.25, 0.3) is 123 Å². The number of pyridine rings is 4. The number of nitrogens with one attached hydrogen (secondary N) is 3. The van der Waals surface area contributed by atoms with Gasteiger partial charge in [-0.25, -0.2) is 43.7 Å². The van der Waals surface area contributed by atoms with E-state index in [-0.39, 0.29) is 35.1 Å². The summed E-state index contributed by atoms with van der Waals surface area (Å²) in [5, 5.41) is 49.6. The molecule has 0 radical (unpaired) electrons. The Hall–Kier alpha value is -14.2. The number of rotatable bonds is 28. The van der Waals surface area contributed by atoms with Crippen molar-refractivity contribution >= 4 is 114 Å². The molecular weight excluding hydrogens is 1730 g/mol. The number of carboxylic acid groups (broad SMARTS) is 2. The normalized spacial score (nSPS) is 12.9. The molecule has 31 nitrogen and oxygen atoms in total. The van der Waals surface area contributed by atoms with Gasteiger partial charge in [-0.3, -0.25) is 20.3 Å². The van der Waals surface area contributed by atoms with Crippen molar-refractivity contribution in [2.45, 2.75) is 144 Å². The molecule has 0 saturated carbocycles. The second kappa shape index (κ2) is 41.3. The highest BCUT2D eigenvalue weighted by Gasteiger charge is 2.52. The molecule has 0 bridgehead atoms. The monoisotopic (exact) mass is 1850 g/mol. The smallest absolute Gasteiger partial charge is 0.496 e. The number of benzene rings is 7. The number of para-hydroxylation sites is 4. The van der Waals surface area contributed by atoms with E-state index in [0.717, 1.165) is 112 Å². The molecule has 9 heterocycles. The van der Waals surface area contributed by atoms with Gasteiger partial charge in [0.1, 0.15) is 53.4 Å². The molecular formula is C100H115BN16O15Si2. The standard InChI is InChI=1S/C31H38N4O6Si.C25H36BN3O4Si.C24H25N5O2.C20H16N4O3/c1-31(2,3)41-30(38)33-25-13-12-20(16-23(25)29(36)37)21-17-24-27(22-10-8-9-11-26(22)39-4)34-35(28(24)32-18-21)19-40-14-15-42(5,6)7;1-24(2)25(3,4)33-26(32-24)18-15-20-22(19-11-9-10-12-21(19)30-5)28-29(23(20)27-16-18)17-31-13-14-34(6,7)8;1-4-29(5-2)24(30)18-12-15(10-11-20(18)25)16-13-19-22(27-28-23(19)26-14-16)17-8-6-7-9-21(17)31-3;1-27-17-5-3-2-4-13(17)18-15-9-12(10-22-19(15)24-23-18)11-6-7-16(21)14(8-11)20(25)26/h8-13,16-18H,14-15,19H2,1-7H3,(H,33,38)(H,36,37);9-12,15-16H,13-14,17H2,1-8H3;6-14H,4-5,25H2,1-3H3,(H,26,27,28);2-10H,21H2,1H3,(H,25,26)(H,22,23,24). The SMILES string of the molecule is CCN(CC)C(=O)c1cc(-c2cnc3n[nH]c(-c4ccccc4OC)c3c2)ccc1N.COc1ccccc1-c1[nH]nc2ncc(-c3ccc(N)c(C(=O)O)c3)cc12.COc1ccccc1-c1nn(COCC[Si](C)(C)C)c2ncc(-c3ccc(NC(=O)OC(C)(C)C)c(C(=O)O)c3)cc12.COc1ccccc1-c1nn(COCC[Si](C)(C)C)c2ncc(B3OC(C)(C)C(C)(C)O3)cc12. The van der Waals surface area contributed by atoms with Gasteiger partial charge in [-0.15, -0.1) is 0 Å².